The molecule has 5 rings (SSSR count). The Labute approximate surface area is 157 Å². The molecular weight excluding hydrogens is 336 g/mol. The molecule has 6 nitrogen and oxygen atoms in total. The Hall–Kier alpha value is -3.28. The fourth-order valence-corrected chi connectivity index (χ4v) is 3.54. The SMILES string of the molecule is Cc1ccn(-c2nc(N)c(C3CCC3)nc2-c2ccc3ncccc3c2)n1. The van der Waals surface area contributed by atoms with Crippen molar-refractivity contribution in [3.05, 3.63) is 60.2 Å². The summed E-state index contributed by atoms with van der Waals surface area (Å²) in [7, 11) is 0. The molecule has 3 aromatic heterocycles. The lowest BCUT2D eigenvalue weighted by atomic mass is 9.82. The van der Waals surface area contributed by atoms with Gasteiger partial charge < -0.3 is 5.73 Å². The molecule has 0 radical (unpaired) electrons. The third-order valence-electron chi connectivity index (χ3n) is 5.24. The van der Waals surface area contributed by atoms with Crippen LogP contribution in [0.3, 0.4) is 0 Å². The van der Waals surface area contributed by atoms with Crippen molar-refractivity contribution in [1.82, 2.24) is 24.7 Å². The van der Waals surface area contributed by atoms with Crippen LogP contribution in [-0.4, -0.2) is 24.7 Å². The molecule has 4 aromatic rings. The Balaban J connectivity index is 1.73. The molecule has 0 amide bonds. The first-order valence-corrected chi connectivity index (χ1v) is 9.24. The van der Waals surface area contributed by atoms with Gasteiger partial charge in [-0.2, -0.15) is 5.10 Å². The average molecular weight is 356 g/mol. The van der Waals surface area contributed by atoms with E-state index in [0.717, 1.165) is 46.4 Å². The second kappa shape index (κ2) is 6.16. The van der Waals surface area contributed by atoms with Gasteiger partial charge in [-0.05, 0) is 44.0 Å². The highest BCUT2D eigenvalue weighted by Crippen LogP contribution is 2.39. The minimum Gasteiger partial charge on any atom is -0.382 e. The number of fused-ring (bicyclic) bond motifs is 1. The molecule has 0 aliphatic heterocycles. The monoisotopic (exact) mass is 356 g/mol. The molecule has 1 aliphatic rings. The summed E-state index contributed by atoms with van der Waals surface area (Å²) in [5.41, 5.74) is 10.9. The highest BCUT2D eigenvalue weighted by atomic mass is 15.3. The fraction of sp³-hybridized carbons (Fsp3) is 0.238. The predicted molar refractivity (Wildman–Crippen MR) is 106 cm³/mol. The Morgan fingerprint density at radius 2 is 2.00 bits per heavy atom. The number of rotatable bonds is 3. The van der Waals surface area contributed by atoms with E-state index in [-0.39, 0.29) is 0 Å². The van der Waals surface area contributed by atoms with Crippen LogP contribution in [0.1, 0.15) is 36.6 Å². The molecule has 0 bridgehead atoms. The number of aryl methyl sites for hydroxylation is 1. The van der Waals surface area contributed by atoms with Crippen LogP contribution in [0.5, 0.6) is 0 Å². The van der Waals surface area contributed by atoms with Crippen LogP contribution in [0.15, 0.2) is 48.8 Å². The van der Waals surface area contributed by atoms with Gasteiger partial charge in [0.1, 0.15) is 11.5 Å². The summed E-state index contributed by atoms with van der Waals surface area (Å²) >= 11 is 0. The van der Waals surface area contributed by atoms with Crippen LogP contribution in [0.4, 0.5) is 5.82 Å². The Bertz CT molecular complexity index is 1140. The van der Waals surface area contributed by atoms with Crippen LogP contribution in [0.2, 0.25) is 0 Å². The van der Waals surface area contributed by atoms with Crippen LogP contribution in [-0.2, 0) is 0 Å². The lowest BCUT2D eigenvalue weighted by Gasteiger charge is -2.26. The van der Waals surface area contributed by atoms with Crippen molar-refractivity contribution in [1.29, 1.82) is 0 Å². The predicted octanol–water partition coefficient (Wildman–Crippen LogP) is 4.04. The molecule has 0 saturated heterocycles. The number of hydrogen-bond donors (Lipinski definition) is 1. The van der Waals surface area contributed by atoms with E-state index < -0.39 is 0 Å². The second-order valence-electron chi connectivity index (χ2n) is 7.11. The number of nitrogen functional groups attached to an aromatic ring is 1. The van der Waals surface area contributed by atoms with Gasteiger partial charge in [-0.25, -0.2) is 14.6 Å². The van der Waals surface area contributed by atoms with Crippen LogP contribution >= 0.6 is 0 Å². The minimum absolute atomic E-state index is 0.409. The van der Waals surface area contributed by atoms with E-state index in [9.17, 15) is 0 Å². The number of benzene rings is 1. The molecule has 1 aliphatic carbocycles. The zero-order valence-corrected chi connectivity index (χ0v) is 15.1. The Kier molecular flexibility index (Phi) is 3.63. The lowest BCUT2D eigenvalue weighted by Crippen LogP contribution is -2.17. The van der Waals surface area contributed by atoms with Crippen molar-refractivity contribution in [2.75, 3.05) is 5.73 Å². The van der Waals surface area contributed by atoms with E-state index >= 15 is 0 Å². The first kappa shape index (κ1) is 15.9. The molecule has 0 spiro atoms. The first-order valence-electron chi connectivity index (χ1n) is 9.24. The zero-order chi connectivity index (χ0) is 18.4. The van der Waals surface area contributed by atoms with Crippen molar-refractivity contribution in [2.45, 2.75) is 32.1 Å². The van der Waals surface area contributed by atoms with E-state index in [2.05, 4.69) is 22.2 Å². The summed E-state index contributed by atoms with van der Waals surface area (Å²) in [5, 5.41) is 5.60. The molecule has 1 saturated carbocycles. The van der Waals surface area contributed by atoms with E-state index in [0.29, 0.717) is 17.6 Å². The van der Waals surface area contributed by atoms with Gasteiger partial charge in [0.2, 0.25) is 0 Å². The van der Waals surface area contributed by atoms with E-state index in [1.807, 2.05) is 37.4 Å². The van der Waals surface area contributed by atoms with Gasteiger partial charge in [0.15, 0.2) is 5.82 Å². The van der Waals surface area contributed by atoms with E-state index in [1.165, 1.54) is 6.42 Å². The zero-order valence-electron chi connectivity index (χ0n) is 15.1. The fourth-order valence-electron chi connectivity index (χ4n) is 3.54. The number of nitrogens with zero attached hydrogens (tertiary/aromatic N) is 5. The number of nitrogens with two attached hydrogens (primary N) is 1. The van der Waals surface area contributed by atoms with Gasteiger partial charge in [-0.1, -0.05) is 18.6 Å². The van der Waals surface area contributed by atoms with Crippen molar-refractivity contribution in [3.63, 3.8) is 0 Å². The summed E-state index contributed by atoms with van der Waals surface area (Å²) in [6.45, 7) is 1.96. The quantitative estimate of drug-likeness (QED) is 0.599. The summed E-state index contributed by atoms with van der Waals surface area (Å²) < 4.78 is 1.76. The summed E-state index contributed by atoms with van der Waals surface area (Å²) in [6, 6.07) is 12.1. The minimum atomic E-state index is 0.409. The molecule has 1 aromatic carbocycles. The third-order valence-corrected chi connectivity index (χ3v) is 5.24. The second-order valence-corrected chi connectivity index (χ2v) is 7.11. The van der Waals surface area contributed by atoms with Crippen molar-refractivity contribution in [3.8, 4) is 17.1 Å². The van der Waals surface area contributed by atoms with E-state index in [1.54, 1.807) is 10.9 Å². The van der Waals surface area contributed by atoms with Gasteiger partial charge in [0.25, 0.3) is 0 Å². The normalized spacial score (nSPS) is 14.4. The topological polar surface area (TPSA) is 82.5 Å². The maximum absolute atomic E-state index is 6.29. The maximum atomic E-state index is 6.29. The molecule has 1 fully saturated rings. The van der Waals surface area contributed by atoms with Gasteiger partial charge in [0.05, 0.1) is 16.9 Å². The molecule has 0 unspecified atom stereocenters. The molecule has 0 atom stereocenters. The molecule has 3 heterocycles. The van der Waals surface area contributed by atoms with Gasteiger partial charge in [-0.3, -0.25) is 4.98 Å². The van der Waals surface area contributed by atoms with Crippen LogP contribution in [0.25, 0.3) is 28.0 Å². The Morgan fingerprint density at radius 3 is 2.74 bits per heavy atom. The largest absolute Gasteiger partial charge is 0.382 e. The summed E-state index contributed by atoms with van der Waals surface area (Å²) in [5.74, 6) is 1.58. The first-order chi connectivity index (χ1) is 13.2. The lowest BCUT2D eigenvalue weighted by molar-refractivity contribution is 0.411. The van der Waals surface area contributed by atoms with Gasteiger partial charge in [0, 0.05) is 29.3 Å². The highest BCUT2D eigenvalue weighted by molar-refractivity contribution is 5.85. The number of hydrogen-bond acceptors (Lipinski definition) is 5. The number of aromatic nitrogens is 5. The van der Waals surface area contributed by atoms with Gasteiger partial charge in [-0.15, -0.1) is 0 Å². The summed E-state index contributed by atoms with van der Waals surface area (Å²) in [6.07, 6.45) is 7.18. The molecule has 27 heavy (non-hydrogen) atoms. The van der Waals surface area contributed by atoms with Crippen LogP contribution < -0.4 is 5.73 Å². The molecule has 2 N–H and O–H groups in total. The Morgan fingerprint density at radius 1 is 1.11 bits per heavy atom. The highest BCUT2D eigenvalue weighted by Gasteiger charge is 2.26. The van der Waals surface area contributed by atoms with Crippen molar-refractivity contribution < 1.29 is 0 Å². The third kappa shape index (κ3) is 2.73. The smallest absolute Gasteiger partial charge is 0.182 e. The van der Waals surface area contributed by atoms with Crippen molar-refractivity contribution >= 4 is 16.7 Å². The molecule has 134 valence electrons. The van der Waals surface area contributed by atoms with E-state index in [4.69, 9.17) is 15.7 Å². The van der Waals surface area contributed by atoms with Crippen molar-refractivity contribution in [2.24, 2.45) is 0 Å². The summed E-state index contributed by atoms with van der Waals surface area (Å²) in [4.78, 5) is 14.1. The average Bonchev–Trinajstić information content (AvgIpc) is 3.07. The van der Waals surface area contributed by atoms with Crippen LogP contribution in [0, 0.1) is 6.92 Å². The van der Waals surface area contributed by atoms with Gasteiger partial charge >= 0.3 is 0 Å². The standard InChI is InChI=1S/C21H20N6/c1-13-9-11-27(26-13)21-19(24-18(20(22)25-21)14-4-2-5-14)16-7-8-17-15(12-16)6-3-10-23-17/h3,6-12,14H,2,4-5H2,1H3,(H2,22,25). The maximum Gasteiger partial charge on any atom is 0.182 e. The number of anilines is 1. The number of pyridine rings is 1. The molecular formula is C21H20N6. The molecule has 6 heteroatoms.